The van der Waals surface area contributed by atoms with Gasteiger partial charge in [-0.25, -0.2) is 0 Å². The predicted octanol–water partition coefficient (Wildman–Crippen LogP) is 1.69. The Labute approximate surface area is 86.5 Å². The Morgan fingerprint density at radius 1 is 1.50 bits per heavy atom. The van der Waals surface area contributed by atoms with Gasteiger partial charge in [-0.2, -0.15) is 0 Å². The smallest absolute Gasteiger partial charge is 0.159 e. The summed E-state index contributed by atoms with van der Waals surface area (Å²) in [5.74, 6) is 0. The van der Waals surface area contributed by atoms with Gasteiger partial charge in [-0.05, 0) is 19.9 Å². The summed E-state index contributed by atoms with van der Waals surface area (Å²) in [4.78, 5) is 0. The summed E-state index contributed by atoms with van der Waals surface area (Å²) in [6, 6.07) is 0.422. The van der Waals surface area contributed by atoms with Crippen LogP contribution in [0.4, 0.5) is 0 Å². The summed E-state index contributed by atoms with van der Waals surface area (Å²) < 4.78 is 10.8. The van der Waals surface area contributed by atoms with Gasteiger partial charge < -0.3 is 14.8 Å². The number of rotatable bonds is 6. The maximum atomic E-state index is 5.41. The van der Waals surface area contributed by atoms with Gasteiger partial charge in [0.15, 0.2) is 6.29 Å². The fourth-order valence-corrected chi connectivity index (χ4v) is 1.57. The molecule has 1 aliphatic rings. The van der Waals surface area contributed by atoms with Crippen LogP contribution in [0.3, 0.4) is 0 Å². The van der Waals surface area contributed by atoms with Crippen LogP contribution in [-0.2, 0) is 9.47 Å². The lowest BCUT2D eigenvalue weighted by Gasteiger charge is -2.19. The van der Waals surface area contributed by atoms with E-state index in [4.69, 9.17) is 9.47 Å². The van der Waals surface area contributed by atoms with E-state index in [-0.39, 0.29) is 6.29 Å². The van der Waals surface area contributed by atoms with Crippen molar-refractivity contribution in [2.24, 2.45) is 0 Å². The van der Waals surface area contributed by atoms with Gasteiger partial charge in [-0.3, -0.25) is 0 Å². The minimum Gasteiger partial charge on any atom is -0.350 e. The van der Waals surface area contributed by atoms with Crippen molar-refractivity contribution in [3.63, 3.8) is 0 Å². The predicted molar refractivity (Wildman–Crippen MR) is 57.2 cm³/mol. The Bertz CT molecular complexity index is 176. The second-order valence-electron chi connectivity index (χ2n) is 3.70. The van der Waals surface area contributed by atoms with Crippen LogP contribution in [0.15, 0.2) is 12.2 Å². The Morgan fingerprint density at radius 2 is 2.14 bits per heavy atom. The first-order chi connectivity index (χ1) is 6.76. The lowest BCUT2D eigenvalue weighted by molar-refractivity contribution is -0.0522. The zero-order valence-electron chi connectivity index (χ0n) is 9.21. The molecule has 14 heavy (non-hydrogen) atoms. The molecule has 1 aliphatic heterocycles. The summed E-state index contributed by atoms with van der Waals surface area (Å²) in [5.41, 5.74) is 1.28. The topological polar surface area (TPSA) is 30.5 Å². The molecule has 1 atom stereocenters. The molecule has 0 amide bonds. The number of hydrogen-bond acceptors (Lipinski definition) is 3. The SMILES string of the molecule is C=C(CC)CC(CC1OCCO1)NC. The minimum absolute atomic E-state index is 0.0166. The Kier molecular flexibility index (Phi) is 5.15. The first-order valence-electron chi connectivity index (χ1n) is 5.33. The molecule has 1 heterocycles. The van der Waals surface area contributed by atoms with Gasteiger partial charge >= 0.3 is 0 Å². The zero-order chi connectivity index (χ0) is 10.4. The van der Waals surface area contributed by atoms with E-state index < -0.39 is 0 Å². The number of hydrogen-bond donors (Lipinski definition) is 1. The molecule has 0 aromatic rings. The van der Waals surface area contributed by atoms with Crippen molar-refractivity contribution in [1.82, 2.24) is 5.32 Å². The van der Waals surface area contributed by atoms with Gasteiger partial charge in [0, 0.05) is 12.5 Å². The maximum Gasteiger partial charge on any atom is 0.159 e. The van der Waals surface area contributed by atoms with Crippen LogP contribution in [0.1, 0.15) is 26.2 Å². The van der Waals surface area contributed by atoms with Crippen molar-refractivity contribution in [2.75, 3.05) is 20.3 Å². The zero-order valence-corrected chi connectivity index (χ0v) is 9.21. The lowest BCUT2D eigenvalue weighted by Crippen LogP contribution is -2.30. The highest BCUT2D eigenvalue weighted by Crippen LogP contribution is 2.15. The molecular weight excluding hydrogens is 178 g/mol. The quantitative estimate of drug-likeness (QED) is 0.660. The molecule has 1 unspecified atom stereocenters. The van der Waals surface area contributed by atoms with E-state index in [1.807, 2.05) is 7.05 Å². The van der Waals surface area contributed by atoms with E-state index in [2.05, 4.69) is 18.8 Å². The van der Waals surface area contributed by atoms with Crippen LogP contribution in [0.25, 0.3) is 0 Å². The molecule has 0 spiro atoms. The molecule has 1 saturated heterocycles. The molecule has 1 fully saturated rings. The molecule has 3 heteroatoms. The molecule has 3 nitrogen and oxygen atoms in total. The third-order valence-electron chi connectivity index (χ3n) is 2.61. The summed E-state index contributed by atoms with van der Waals surface area (Å²) in [7, 11) is 1.97. The average Bonchev–Trinajstić information content (AvgIpc) is 2.69. The van der Waals surface area contributed by atoms with Crippen LogP contribution < -0.4 is 5.32 Å². The summed E-state index contributed by atoms with van der Waals surface area (Å²) in [6.07, 6.45) is 2.95. The lowest BCUT2D eigenvalue weighted by atomic mass is 10.0. The largest absolute Gasteiger partial charge is 0.350 e. The van der Waals surface area contributed by atoms with Crippen LogP contribution >= 0.6 is 0 Å². The Balaban J connectivity index is 2.26. The van der Waals surface area contributed by atoms with Crippen LogP contribution in [0.5, 0.6) is 0 Å². The highest BCUT2D eigenvalue weighted by Gasteiger charge is 2.20. The molecule has 0 bridgehead atoms. The van der Waals surface area contributed by atoms with E-state index in [0.717, 1.165) is 32.5 Å². The van der Waals surface area contributed by atoms with Crippen molar-refractivity contribution >= 4 is 0 Å². The number of nitrogens with one attached hydrogen (secondary N) is 1. The summed E-state index contributed by atoms with van der Waals surface area (Å²) in [6.45, 7) is 7.61. The molecule has 0 aliphatic carbocycles. The van der Waals surface area contributed by atoms with Crippen LogP contribution in [-0.4, -0.2) is 32.6 Å². The van der Waals surface area contributed by atoms with E-state index >= 15 is 0 Å². The van der Waals surface area contributed by atoms with Crippen molar-refractivity contribution < 1.29 is 9.47 Å². The Hall–Kier alpha value is -0.380. The monoisotopic (exact) mass is 199 g/mol. The van der Waals surface area contributed by atoms with E-state index in [1.165, 1.54) is 5.57 Å². The first-order valence-corrected chi connectivity index (χ1v) is 5.33. The molecular formula is C11H21NO2. The van der Waals surface area contributed by atoms with E-state index in [0.29, 0.717) is 6.04 Å². The molecule has 0 aromatic carbocycles. The third-order valence-corrected chi connectivity index (χ3v) is 2.61. The van der Waals surface area contributed by atoms with Gasteiger partial charge in [0.1, 0.15) is 0 Å². The van der Waals surface area contributed by atoms with E-state index in [1.54, 1.807) is 0 Å². The standard InChI is InChI=1S/C11H21NO2/c1-4-9(2)7-10(12-3)8-11-13-5-6-14-11/h10-12H,2,4-8H2,1,3H3. The highest BCUT2D eigenvalue weighted by atomic mass is 16.7. The van der Waals surface area contributed by atoms with Crippen molar-refractivity contribution in [2.45, 2.75) is 38.5 Å². The van der Waals surface area contributed by atoms with Crippen LogP contribution in [0, 0.1) is 0 Å². The first kappa shape index (κ1) is 11.7. The van der Waals surface area contributed by atoms with Gasteiger partial charge in [-0.1, -0.05) is 19.1 Å². The second-order valence-corrected chi connectivity index (χ2v) is 3.70. The molecule has 0 saturated carbocycles. The molecule has 1 N–H and O–H groups in total. The van der Waals surface area contributed by atoms with Crippen molar-refractivity contribution in [3.05, 3.63) is 12.2 Å². The third kappa shape index (κ3) is 3.78. The van der Waals surface area contributed by atoms with Gasteiger partial charge in [0.2, 0.25) is 0 Å². The van der Waals surface area contributed by atoms with E-state index in [9.17, 15) is 0 Å². The van der Waals surface area contributed by atoms with Crippen molar-refractivity contribution in [1.29, 1.82) is 0 Å². The molecule has 82 valence electrons. The molecule has 0 aromatic heterocycles. The average molecular weight is 199 g/mol. The van der Waals surface area contributed by atoms with Gasteiger partial charge in [-0.15, -0.1) is 0 Å². The molecule has 0 radical (unpaired) electrons. The second kappa shape index (κ2) is 6.17. The normalized spacial score (nSPS) is 19.9. The minimum atomic E-state index is -0.0166. The Morgan fingerprint density at radius 3 is 2.64 bits per heavy atom. The highest BCUT2D eigenvalue weighted by molar-refractivity contribution is 4.96. The summed E-state index contributed by atoms with van der Waals surface area (Å²) in [5, 5.41) is 3.27. The maximum absolute atomic E-state index is 5.41. The molecule has 1 rings (SSSR count). The van der Waals surface area contributed by atoms with Gasteiger partial charge in [0.25, 0.3) is 0 Å². The van der Waals surface area contributed by atoms with Gasteiger partial charge in [0.05, 0.1) is 13.2 Å². The fourth-order valence-electron chi connectivity index (χ4n) is 1.57. The summed E-state index contributed by atoms with van der Waals surface area (Å²) >= 11 is 0. The van der Waals surface area contributed by atoms with Crippen molar-refractivity contribution in [3.8, 4) is 0 Å². The fraction of sp³-hybridized carbons (Fsp3) is 0.818. The van der Waals surface area contributed by atoms with Crippen LogP contribution in [0.2, 0.25) is 0 Å². The number of ether oxygens (including phenoxy) is 2.